The zero-order valence-corrected chi connectivity index (χ0v) is 14.7. The molecule has 23 heavy (non-hydrogen) atoms. The normalized spacial score (nSPS) is 13.7. The number of hydrogen-bond acceptors (Lipinski definition) is 4. The second-order valence-electron chi connectivity index (χ2n) is 4.97. The number of hydrogen-bond donors (Lipinski definition) is 1. The van der Waals surface area contributed by atoms with E-state index in [-0.39, 0.29) is 25.6 Å². The Morgan fingerprint density at radius 2 is 2.22 bits per heavy atom. The number of carboxylic acid groups (broad SMARTS) is 1. The van der Waals surface area contributed by atoms with Gasteiger partial charge in [-0.2, -0.15) is 0 Å². The summed E-state index contributed by atoms with van der Waals surface area (Å²) in [7, 11) is 0. The first kappa shape index (κ1) is 17.5. The van der Waals surface area contributed by atoms with Crippen molar-refractivity contribution in [1.82, 2.24) is 14.8 Å². The van der Waals surface area contributed by atoms with E-state index in [0.29, 0.717) is 5.88 Å². The fraction of sp³-hybridized carbons (Fsp3) is 0.400. The molecule has 1 saturated heterocycles. The fourth-order valence-electron chi connectivity index (χ4n) is 1.90. The van der Waals surface area contributed by atoms with E-state index >= 15 is 0 Å². The van der Waals surface area contributed by atoms with Gasteiger partial charge in [0.2, 0.25) is 11.8 Å². The molecule has 1 N–H and O–H groups in total. The standard InChI is InChI=1S/C15H18IN3O4/c16-12-4-5-13(17-11-12)23-10-9-19(15(21)22)6-1-3-14(20)18-7-2-8-18/h1,3-5,11H,2,6-10H2,(H,21,22)/b3-1+. The minimum absolute atomic E-state index is 0.0686. The van der Waals surface area contributed by atoms with Crippen molar-refractivity contribution in [3.05, 3.63) is 34.1 Å². The van der Waals surface area contributed by atoms with E-state index < -0.39 is 6.09 Å². The van der Waals surface area contributed by atoms with Gasteiger partial charge in [0.1, 0.15) is 6.61 Å². The monoisotopic (exact) mass is 431 g/mol. The molecule has 1 fully saturated rings. The van der Waals surface area contributed by atoms with Gasteiger partial charge in [-0.1, -0.05) is 6.08 Å². The topological polar surface area (TPSA) is 83.0 Å². The Morgan fingerprint density at radius 1 is 1.43 bits per heavy atom. The van der Waals surface area contributed by atoms with Crippen molar-refractivity contribution < 1.29 is 19.4 Å². The fourth-order valence-corrected chi connectivity index (χ4v) is 2.21. The molecule has 1 aromatic heterocycles. The second kappa shape index (κ2) is 8.70. The van der Waals surface area contributed by atoms with E-state index in [1.807, 2.05) is 6.07 Å². The van der Waals surface area contributed by atoms with E-state index in [2.05, 4.69) is 27.6 Å². The highest BCUT2D eigenvalue weighted by atomic mass is 127. The van der Waals surface area contributed by atoms with Crippen molar-refractivity contribution in [3.63, 3.8) is 0 Å². The number of carbonyl (C=O) groups is 2. The molecule has 0 bridgehead atoms. The first-order chi connectivity index (χ1) is 11.1. The summed E-state index contributed by atoms with van der Waals surface area (Å²) in [5.41, 5.74) is 0. The van der Waals surface area contributed by atoms with Crippen molar-refractivity contribution in [2.75, 3.05) is 32.8 Å². The molecule has 2 rings (SSSR count). The van der Waals surface area contributed by atoms with Gasteiger partial charge in [-0.15, -0.1) is 0 Å². The molecule has 0 atom stereocenters. The summed E-state index contributed by atoms with van der Waals surface area (Å²) in [5.74, 6) is 0.389. The molecule has 0 radical (unpaired) electrons. The molecule has 0 aromatic carbocycles. The number of aromatic nitrogens is 1. The zero-order valence-electron chi connectivity index (χ0n) is 12.5. The third-order valence-corrected chi connectivity index (χ3v) is 3.97. The number of rotatable bonds is 7. The van der Waals surface area contributed by atoms with Gasteiger partial charge in [0.25, 0.3) is 0 Å². The number of amides is 2. The van der Waals surface area contributed by atoms with Crippen molar-refractivity contribution in [1.29, 1.82) is 0 Å². The Kier molecular flexibility index (Phi) is 6.63. The summed E-state index contributed by atoms with van der Waals surface area (Å²) in [5, 5.41) is 9.16. The van der Waals surface area contributed by atoms with Crippen LogP contribution in [0.15, 0.2) is 30.5 Å². The van der Waals surface area contributed by atoms with Gasteiger partial charge in [0.15, 0.2) is 0 Å². The Hall–Kier alpha value is -1.84. The van der Waals surface area contributed by atoms with Gasteiger partial charge < -0.3 is 19.6 Å². The lowest BCUT2D eigenvalue weighted by Gasteiger charge is -2.29. The summed E-state index contributed by atoms with van der Waals surface area (Å²) >= 11 is 2.14. The Labute approximate surface area is 148 Å². The molecule has 1 aliphatic heterocycles. The lowest BCUT2D eigenvalue weighted by atomic mass is 10.2. The van der Waals surface area contributed by atoms with Gasteiger partial charge >= 0.3 is 6.09 Å². The average molecular weight is 431 g/mol. The van der Waals surface area contributed by atoms with Gasteiger partial charge in [0.05, 0.1) is 6.54 Å². The predicted octanol–water partition coefficient (Wildman–Crippen LogP) is 1.83. The number of ether oxygens (including phenoxy) is 1. The molecule has 124 valence electrons. The first-order valence-electron chi connectivity index (χ1n) is 7.24. The van der Waals surface area contributed by atoms with E-state index in [1.165, 1.54) is 11.0 Å². The van der Waals surface area contributed by atoms with E-state index in [4.69, 9.17) is 9.84 Å². The minimum Gasteiger partial charge on any atom is -0.476 e. The largest absolute Gasteiger partial charge is 0.476 e. The summed E-state index contributed by atoms with van der Waals surface area (Å²) in [6, 6.07) is 3.60. The van der Waals surface area contributed by atoms with Crippen LogP contribution in [0.4, 0.5) is 4.79 Å². The van der Waals surface area contributed by atoms with Crippen molar-refractivity contribution >= 4 is 34.6 Å². The number of nitrogens with zero attached hydrogens (tertiary/aromatic N) is 3. The third kappa shape index (κ3) is 5.70. The van der Waals surface area contributed by atoms with E-state index in [9.17, 15) is 9.59 Å². The van der Waals surface area contributed by atoms with Crippen LogP contribution >= 0.6 is 22.6 Å². The van der Waals surface area contributed by atoms with E-state index in [1.54, 1.807) is 23.2 Å². The molecule has 0 saturated carbocycles. The van der Waals surface area contributed by atoms with Crippen LogP contribution in [-0.4, -0.2) is 64.7 Å². The highest BCUT2D eigenvalue weighted by molar-refractivity contribution is 14.1. The molecular weight excluding hydrogens is 413 g/mol. The molecule has 8 heteroatoms. The highest BCUT2D eigenvalue weighted by Gasteiger charge is 2.17. The lowest BCUT2D eigenvalue weighted by Crippen LogP contribution is -2.41. The Balaban J connectivity index is 1.74. The molecule has 1 aliphatic rings. The summed E-state index contributed by atoms with van der Waals surface area (Å²) < 4.78 is 6.41. The van der Waals surface area contributed by atoms with Crippen molar-refractivity contribution in [2.24, 2.45) is 0 Å². The minimum atomic E-state index is -1.05. The number of carbonyl (C=O) groups excluding carboxylic acids is 1. The molecule has 7 nitrogen and oxygen atoms in total. The van der Waals surface area contributed by atoms with Crippen LogP contribution < -0.4 is 4.74 Å². The molecule has 0 aliphatic carbocycles. The van der Waals surface area contributed by atoms with Gasteiger partial charge in [-0.25, -0.2) is 9.78 Å². The van der Waals surface area contributed by atoms with E-state index in [0.717, 1.165) is 23.1 Å². The average Bonchev–Trinajstić information content (AvgIpc) is 2.45. The molecule has 1 aromatic rings. The highest BCUT2D eigenvalue weighted by Crippen LogP contribution is 2.09. The zero-order chi connectivity index (χ0) is 16.7. The quantitative estimate of drug-likeness (QED) is 0.526. The number of pyridine rings is 1. The third-order valence-electron chi connectivity index (χ3n) is 3.34. The maximum Gasteiger partial charge on any atom is 0.407 e. The van der Waals surface area contributed by atoms with Crippen molar-refractivity contribution in [2.45, 2.75) is 6.42 Å². The van der Waals surface area contributed by atoms with Gasteiger partial charge in [-0.05, 0) is 35.1 Å². The van der Waals surface area contributed by atoms with Crippen LogP contribution in [0.1, 0.15) is 6.42 Å². The van der Waals surface area contributed by atoms with Crippen LogP contribution in [0, 0.1) is 3.57 Å². The summed E-state index contributed by atoms with van der Waals surface area (Å²) in [6.07, 6.45) is 4.65. The number of likely N-dealkylation sites (tertiary alicyclic amines) is 1. The molecule has 2 heterocycles. The van der Waals surface area contributed by atoms with Crippen LogP contribution in [0.3, 0.4) is 0 Å². The van der Waals surface area contributed by atoms with Crippen molar-refractivity contribution in [3.8, 4) is 5.88 Å². The van der Waals surface area contributed by atoms with Crippen LogP contribution in [-0.2, 0) is 4.79 Å². The Bertz CT molecular complexity index is 573. The smallest absolute Gasteiger partial charge is 0.407 e. The van der Waals surface area contributed by atoms with Gasteiger partial charge in [-0.3, -0.25) is 4.79 Å². The summed E-state index contributed by atoms with van der Waals surface area (Å²) in [6.45, 7) is 2.11. The van der Waals surface area contributed by atoms with Crippen LogP contribution in [0.25, 0.3) is 0 Å². The molecule has 0 spiro atoms. The second-order valence-corrected chi connectivity index (χ2v) is 6.22. The first-order valence-corrected chi connectivity index (χ1v) is 8.32. The van der Waals surface area contributed by atoms with Gasteiger partial charge in [0, 0.05) is 41.5 Å². The maximum atomic E-state index is 11.6. The molecule has 0 unspecified atom stereocenters. The molecule has 2 amide bonds. The van der Waals surface area contributed by atoms with Crippen LogP contribution in [0.2, 0.25) is 0 Å². The number of halogens is 1. The van der Waals surface area contributed by atoms with Crippen LogP contribution in [0.5, 0.6) is 5.88 Å². The Morgan fingerprint density at radius 3 is 2.78 bits per heavy atom. The lowest BCUT2D eigenvalue weighted by molar-refractivity contribution is -0.129. The summed E-state index contributed by atoms with van der Waals surface area (Å²) in [4.78, 5) is 29.8. The SMILES string of the molecule is O=C(O)N(C/C=C/C(=O)N1CCC1)CCOc1ccc(I)cn1. The molecular formula is C15H18IN3O4. The maximum absolute atomic E-state index is 11.6. The predicted molar refractivity (Wildman–Crippen MR) is 92.4 cm³/mol.